The van der Waals surface area contributed by atoms with Crippen LogP contribution >= 0.6 is 11.6 Å². The monoisotopic (exact) mass is 643 g/mol. The number of rotatable bonds is 6. The van der Waals surface area contributed by atoms with Gasteiger partial charge in [0.25, 0.3) is 10.0 Å². The summed E-state index contributed by atoms with van der Waals surface area (Å²) in [5.41, 5.74) is 2.48. The second-order valence-electron chi connectivity index (χ2n) is 8.76. The number of aliphatic carboxylic acids is 1. The Balaban J connectivity index is 0.000000541. The number of halogens is 5. The van der Waals surface area contributed by atoms with Crippen molar-refractivity contribution in [3.8, 4) is 17.1 Å². The number of fused-ring (bicyclic) bond motifs is 1. The minimum absolute atomic E-state index is 0.0474. The van der Waals surface area contributed by atoms with Crippen LogP contribution in [0.5, 0.6) is 5.88 Å². The maximum absolute atomic E-state index is 13.4. The maximum Gasteiger partial charge on any atom is 0.490 e. The Kier molecular flexibility index (Phi) is 9.46. The molecule has 0 aliphatic carbocycles. The van der Waals surface area contributed by atoms with Gasteiger partial charge in [0.2, 0.25) is 5.88 Å². The molecule has 0 spiro atoms. The van der Waals surface area contributed by atoms with Crippen molar-refractivity contribution in [1.82, 2.24) is 25.3 Å². The first-order chi connectivity index (χ1) is 20.3. The molecule has 228 valence electrons. The SMILES string of the molecule is COc1ncc(-c2ccc3ncnc(N4CCNCC4)c3n2)cc1NS(=O)(=O)c1ccc(F)cc1Cl.O=C(O)C(F)(F)F. The highest BCUT2D eigenvalue weighted by atomic mass is 35.5. The summed E-state index contributed by atoms with van der Waals surface area (Å²) in [5.74, 6) is -2.62. The Morgan fingerprint density at radius 1 is 1.12 bits per heavy atom. The van der Waals surface area contributed by atoms with Gasteiger partial charge in [0, 0.05) is 37.9 Å². The lowest BCUT2D eigenvalue weighted by molar-refractivity contribution is -0.192. The van der Waals surface area contributed by atoms with E-state index < -0.39 is 28.0 Å². The van der Waals surface area contributed by atoms with Crippen molar-refractivity contribution in [2.75, 3.05) is 42.9 Å². The first kappa shape index (κ1) is 31.6. The molecule has 0 amide bonds. The number of sulfonamides is 1. The molecule has 1 saturated heterocycles. The molecule has 43 heavy (non-hydrogen) atoms. The van der Waals surface area contributed by atoms with Gasteiger partial charge < -0.3 is 20.1 Å². The van der Waals surface area contributed by atoms with E-state index in [4.69, 9.17) is 31.2 Å². The van der Waals surface area contributed by atoms with Gasteiger partial charge in [0.1, 0.15) is 28.2 Å². The fourth-order valence-corrected chi connectivity index (χ4v) is 5.50. The highest BCUT2D eigenvalue weighted by molar-refractivity contribution is 7.92. The van der Waals surface area contributed by atoms with E-state index >= 15 is 0 Å². The van der Waals surface area contributed by atoms with Gasteiger partial charge in [-0.2, -0.15) is 13.2 Å². The minimum atomic E-state index is -5.08. The second kappa shape index (κ2) is 12.9. The van der Waals surface area contributed by atoms with Crippen LogP contribution in [0.3, 0.4) is 0 Å². The van der Waals surface area contributed by atoms with E-state index in [0.29, 0.717) is 22.3 Å². The van der Waals surface area contributed by atoms with Crippen LogP contribution in [-0.4, -0.2) is 78.9 Å². The number of methoxy groups -OCH3 is 1. The molecule has 0 atom stereocenters. The molecular formula is C25H22ClF4N7O5S. The van der Waals surface area contributed by atoms with Crippen LogP contribution in [-0.2, 0) is 14.8 Å². The summed E-state index contributed by atoms with van der Waals surface area (Å²) in [5, 5.41) is 10.2. The highest BCUT2D eigenvalue weighted by Crippen LogP contribution is 2.32. The molecule has 0 saturated carbocycles. The molecule has 1 fully saturated rings. The summed E-state index contributed by atoms with van der Waals surface area (Å²) in [6, 6.07) is 8.20. The number of nitrogens with one attached hydrogen (secondary N) is 2. The van der Waals surface area contributed by atoms with Crippen molar-refractivity contribution in [2.45, 2.75) is 11.1 Å². The Labute approximate surface area is 246 Å². The van der Waals surface area contributed by atoms with Crippen molar-refractivity contribution >= 4 is 50.1 Å². The summed E-state index contributed by atoms with van der Waals surface area (Å²) in [4.78, 5) is 28.6. The number of nitrogens with zero attached hydrogens (tertiary/aromatic N) is 5. The van der Waals surface area contributed by atoms with Crippen LogP contribution in [0.4, 0.5) is 29.1 Å². The lowest BCUT2D eigenvalue weighted by Gasteiger charge is -2.28. The van der Waals surface area contributed by atoms with Gasteiger partial charge >= 0.3 is 12.1 Å². The molecule has 0 unspecified atom stereocenters. The molecule has 4 heterocycles. The average molecular weight is 644 g/mol. The van der Waals surface area contributed by atoms with Crippen LogP contribution in [0.25, 0.3) is 22.3 Å². The number of alkyl halides is 3. The van der Waals surface area contributed by atoms with E-state index in [1.165, 1.54) is 19.6 Å². The molecule has 1 aliphatic heterocycles. The highest BCUT2D eigenvalue weighted by Gasteiger charge is 2.38. The predicted octanol–water partition coefficient (Wildman–Crippen LogP) is 3.73. The zero-order valence-electron chi connectivity index (χ0n) is 22.1. The van der Waals surface area contributed by atoms with Gasteiger partial charge in [-0.05, 0) is 36.4 Å². The van der Waals surface area contributed by atoms with Gasteiger partial charge in [-0.3, -0.25) is 4.72 Å². The number of benzene rings is 1. The van der Waals surface area contributed by atoms with Crippen molar-refractivity contribution in [2.24, 2.45) is 0 Å². The fraction of sp³-hybridized carbons (Fsp3) is 0.240. The van der Waals surface area contributed by atoms with Gasteiger partial charge in [-0.15, -0.1) is 0 Å². The third-order valence-corrected chi connectivity index (χ3v) is 7.74. The molecule has 5 rings (SSSR count). The summed E-state index contributed by atoms with van der Waals surface area (Å²) in [6.07, 6.45) is -2.03. The number of carboxylic acid groups (broad SMARTS) is 1. The van der Waals surface area contributed by atoms with E-state index in [-0.39, 0.29) is 21.5 Å². The standard InChI is InChI=1S/C23H21ClFN7O3S.C2HF3O2/c1-35-23-19(31-36(33,34)20-5-2-15(25)11-16(20)24)10-14(12-27-23)17-3-4-18-21(30-17)22(29-13-28-18)32-8-6-26-7-9-32;3-2(4,5)1(6)7/h2-5,10-13,26,31H,6-9H2,1H3;(H,6,7). The third-order valence-electron chi connectivity index (χ3n) is 5.89. The van der Waals surface area contributed by atoms with Crippen molar-refractivity contribution in [1.29, 1.82) is 0 Å². The third kappa shape index (κ3) is 7.54. The second-order valence-corrected chi connectivity index (χ2v) is 10.8. The number of hydrogen-bond donors (Lipinski definition) is 3. The molecule has 18 heteroatoms. The average Bonchev–Trinajstić information content (AvgIpc) is 2.96. The topological polar surface area (TPSA) is 160 Å². The molecule has 4 aromatic rings. The Bertz CT molecular complexity index is 1760. The number of carbonyl (C=O) groups is 1. The largest absolute Gasteiger partial charge is 0.490 e. The van der Waals surface area contributed by atoms with E-state index in [9.17, 15) is 26.0 Å². The molecule has 3 N–H and O–H groups in total. The van der Waals surface area contributed by atoms with Crippen LogP contribution in [0, 0.1) is 5.82 Å². The van der Waals surface area contributed by atoms with Gasteiger partial charge in [-0.1, -0.05) is 11.6 Å². The van der Waals surface area contributed by atoms with Gasteiger partial charge in [-0.25, -0.2) is 37.5 Å². The number of ether oxygens (including phenoxy) is 1. The van der Waals surface area contributed by atoms with Crippen molar-refractivity contribution in [3.63, 3.8) is 0 Å². The smallest absolute Gasteiger partial charge is 0.480 e. The maximum atomic E-state index is 13.4. The van der Waals surface area contributed by atoms with Crippen molar-refractivity contribution in [3.05, 3.63) is 59.8 Å². The molecule has 0 bridgehead atoms. The van der Waals surface area contributed by atoms with Crippen LogP contribution in [0.1, 0.15) is 0 Å². The zero-order valence-corrected chi connectivity index (χ0v) is 23.6. The van der Waals surface area contributed by atoms with Crippen molar-refractivity contribution < 1.29 is 40.6 Å². The first-order valence-electron chi connectivity index (χ1n) is 12.2. The lowest BCUT2D eigenvalue weighted by atomic mass is 10.1. The van der Waals surface area contributed by atoms with Crippen LogP contribution in [0.2, 0.25) is 5.02 Å². The molecule has 12 nitrogen and oxygen atoms in total. The Morgan fingerprint density at radius 2 is 1.81 bits per heavy atom. The minimum Gasteiger partial charge on any atom is -0.480 e. The normalized spacial score (nSPS) is 13.7. The number of pyridine rings is 2. The Hall–Kier alpha value is -4.35. The number of anilines is 2. The zero-order chi connectivity index (χ0) is 31.4. The van der Waals surface area contributed by atoms with Crippen LogP contribution in [0.15, 0.2) is 53.8 Å². The summed E-state index contributed by atoms with van der Waals surface area (Å²) < 4.78 is 78.9. The van der Waals surface area contributed by atoms with E-state index in [2.05, 4.69) is 29.9 Å². The molecule has 1 aromatic carbocycles. The predicted molar refractivity (Wildman–Crippen MR) is 148 cm³/mol. The molecule has 3 aromatic heterocycles. The Morgan fingerprint density at radius 3 is 2.44 bits per heavy atom. The molecule has 1 aliphatic rings. The molecular weight excluding hydrogens is 622 g/mol. The quantitative estimate of drug-likeness (QED) is 0.263. The lowest BCUT2D eigenvalue weighted by Crippen LogP contribution is -2.44. The first-order valence-corrected chi connectivity index (χ1v) is 14.1. The number of carboxylic acids is 1. The van der Waals surface area contributed by atoms with Gasteiger partial charge in [0.15, 0.2) is 5.82 Å². The van der Waals surface area contributed by atoms with Gasteiger partial charge in [0.05, 0.1) is 23.3 Å². The number of aromatic nitrogens is 4. The summed E-state index contributed by atoms with van der Waals surface area (Å²) in [6.45, 7) is 3.27. The van der Waals surface area contributed by atoms with E-state index in [1.54, 1.807) is 12.1 Å². The number of piperazine rings is 1. The summed E-state index contributed by atoms with van der Waals surface area (Å²) >= 11 is 5.98. The van der Waals surface area contributed by atoms with Crippen LogP contribution < -0.4 is 19.7 Å². The molecule has 0 radical (unpaired) electrons. The van der Waals surface area contributed by atoms with E-state index in [1.807, 2.05) is 6.07 Å². The summed E-state index contributed by atoms with van der Waals surface area (Å²) in [7, 11) is -2.80. The van der Waals surface area contributed by atoms with E-state index in [0.717, 1.165) is 50.2 Å². The number of hydrogen-bond acceptors (Lipinski definition) is 10. The fourth-order valence-electron chi connectivity index (χ4n) is 3.92.